The van der Waals surface area contributed by atoms with Crippen molar-refractivity contribution < 1.29 is 14.3 Å². The second kappa shape index (κ2) is 13.7. The number of para-hydroxylation sites is 1. The number of aromatic nitrogens is 3. The van der Waals surface area contributed by atoms with Crippen LogP contribution >= 0.6 is 0 Å². The molecule has 1 aromatic carbocycles. The Balaban J connectivity index is 1.70. The smallest absolute Gasteiger partial charge is 0.274 e. The van der Waals surface area contributed by atoms with Crippen LogP contribution in [0.1, 0.15) is 47.6 Å². The van der Waals surface area contributed by atoms with Crippen molar-refractivity contribution in [2.45, 2.75) is 31.9 Å². The maximum absolute atomic E-state index is 13.7. The second-order valence-corrected chi connectivity index (χ2v) is 8.95. The van der Waals surface area contributed by atoms with E-state index < -0.39 is 18.1 Å². The summed E-state index contributed by atoms with van der Waals surface area (Å²) in [5, 5.41) is 5.62. The van der Waals surface area contributed by atoms with Gasteiger partial charge in [0.1, 0.15) is 6.10 Å². The molecule has 2 aromatic heterocycles. The third-order valence-electron chi connectivity index (χ3n) is 6.08. The molecule has 4 rings (SSSR count). The fourth-order valence-corrected chi connectivity index (χ4v) is 4.13. The van der Waals surface area contributed by atoms with Crippen molar-refractivity contribution in [1.82, 2.24) is 25.2 Å². The van der Waals surface area contributed by atoms with E-state index in [0.29, 0.717) is 30.0 Å². The van der Waals surface area contributed by atoms with Gasteiger partial charge in [-0.2, -0.15) is 0 Å². The summed E-state index contributed by atoms with van der Waals surface area (Å²) in [6.07, 6.45) is 3.91. The van der Waals surface area contributed by atoms with Crippen LogP contribution < -0.4 is 21.9 Å². The second-order valence-electron chi connectivity index (χ2n) is 8.95. The zero-order valence-corrected chi connectivity index (χ0v) is 22.0. The first kappa shape index (κ1) is 28.0. The molecule has 40 heavy (non-hydrogen) atoms. The molecule has 0 bridgehead atoms. The molecular weight excluding hydrogens is 508 g/mol. The molecule has 0 spiro atoms. The Morgan fingerprint density at radius 3 is 2.55 bits per heavy atom. The molecule has 3 heterocycles. The molecule has 0 unspecified atom stereocenters. The van der Waals surface area contributed by atoms with Crippen molar-refractivity contribution in [2.24, 2.45) is 0 Å². The van der Waals surface area contributed by atoms with E-state index in [1.54, 1.807) is 49.4 Å². The minimum atomic E-state index is -0.623. The number of ether oxygens (including phenoxy) is 1. The van der Waals surface area contributed by atoms with Gasteiger partial charge < -0.3 is 21.1 Å². The van der Waals surface area contributed by atoms with Crippen molar-refractivity contribution in [2.75, 3.05) is 18.9 Å². The lowest BCUT2D eigenvalue weighted by Gasteiger charge is -2.19. The number of nitrogens with zero attached hydrogens (tertiary/aromatic N) is 3. The first-order valence-electron chi connectivity index (χ1n) is 12.9. The normalized spacial score (nSPS) is 14.7. The highest BCUT2D eigenvalue weighted by Crippen LogP contribution is 2.16. The molecule has 1 fully saturated rings. The van der Waals surface area contributed by atoms with Crippen LogP contribution in [0.3, 0.4) is 0 Å². The molecule has 2 atom stereocenters. The largest absolute Gasteiger partial charge is 0.382 e. The molecule has 1 saturated heterocycles. The maximum atomic E-state index is 13.7. The average Bonchev–Trinajstić information content (AvgIpc) is 3.50. The Hall–Kier alpha value is -5.01. The molecule has 0 aliphatic carbocycles. The summed E-state index contributed by atoms with van der Waals surface area (Å²) < 4.78 is 6.89. The number of hydrogen-bond donors (Lipinski definition) is 3. The van der Waals surface area contributed by atoms with Gasteiger partial charge in [-0.1, -0.05) is 48.2 Å². The van der Waals surface area contributed by atoms with Crippen LogP contribution in [0.5, 0.6) is 0 Å². The SMILES string of the molecule is C[C@H](NC(=O)c1nccnc1N)c1cccccc(C#CCNC(=O)[C@H]2CCCO2)cc(=O)n1-c1ccccc1. The van der Waals surface area contributed by atoms with E-state index in [-0.39, 0.29) is 29.5 Å². The van der Waals surface area contributed by atoms with Gasteiger partial charge in [0, 0.05) is 42.0 Å². The molecule has 1 aliphatic rings. The van der Waals surface area contributed by atoms with Gasteiger partial charge in [0.25, 0.3) is 11.5 Å². The predicted molar refractivity (Wildman–Crippen MR) is 151 cm³/mol. The fraction of sp³-hybridized carbons (Fsp3) is 0.233. The van der Waals surface area contributed by atoms with Crippen LogP contribution in [0.15, 0.2) is 83.9 Å². The molecule has 4 N–H and O–H groups in total. The summed E-state index contributed by atoms with van der Waals surface area (Å²) in [6.45, 7) is 2.47. The van der Waals surface area contributed by atoms with E-state index in [1.165, 1.54) is 23.0 Å². The van der Waals surface area contributed by atoms with Gasteiger partial charge in [0.2, 0.25) is 5.91 Å². The maximum Gasteiger partial charge on any atom is 0.274 e. The van der Waals surface area contributed by atoms with Crippen molar-refractivity contribution in [3.8, 4) is 17.5 Å². The highest BCUT2D eigenvalue weighted by atomic mass is 16.5. The number of carbonyl (C=O) groups excluding carboxylic acids is 2. The lowest BCUT2D eigenvalue weighted by atomic mass is 10.1. The van der Waals surface area contributed by atoms with E-state index in [1.807, 2.05) is 18.2 Å². The van der Waals surface area contributed by atoms with Crippen molar-refractivity contribution in [3.05, 3.63) is 106 Å². The van der Waals surface area contributed by atoms with Gasteiger partial charge in [0.15, 0.2) is 11.5 Å². The highest BCUT2D eigenvalue weighted by Gasteiger charge is 2.22. The van der Waals surface area contributed by atoms with Gasteiger partial charge in [-0.25, -0.2) is 9.97 Å². The van der Waals surface area contributed by atoms with Gasteiger partial charge in [-0.05, 0) is 44.0 Å². The summed E-state index contributed by atoms with van der Waals surface area (Å²) in [7, 11) is 0. The molecule has 2 amide bonds. The summed E-state index contributed by atoms with van der Waals surface area (Å²) in [4.78, 5) is 46.8. The van der Waals surface area contributed by atoms with Crippen molar-refractivity contribution in [3.63, 3.8) is 0 Å². The number of nitrogen functional groups attached to an aromatic ring is 1. The number of nitrogens with one attached hydrogen (secondary N) is 2. The lowest BCUT2D eigenvalue weighted by Crippen LogP contribution is -2.34. The highest BCUT2D eigenvalue weighted by molar-refractivity contribution is 5.96. The van der Waals surface area contributed by atoms with Crippen LogP contribution in [0.4, 0.5) is 5.82 Å². The number of benzene rings is 1. The zero-order chi connectivity index (χ0) is 28.3. The molecule has 204 valence electrons. The Morgan fingerprint density at radius 2 is 1.82 bits per heavy atom. The van der Waals surface area contributed by atoms with Crippen LogP contribution in [-0.4, -0.2) is 45.6 Å². The number of hydrogen-bond acceptors (Lipinski definition) is 7. The Bertz CT molecular complexity index is 1540. The third-order valence-corrected chi connectivity index (χ3v) is 6.08. The number of amides is 2. The van der Waals surface area contributed by atoms with Gasteiger partial charge in [-0.3, -0.25) is 19.0 Å². The summed E-state index contributed by atoms with van der Waals surface area (Å²) in [5.74, 6) is 5.16. The summed E-state index contributed by atoms with van der Waals surface area (Å²) in [6, 6.07) is 18.7. The number of nitrogens with two attached hydrogens (primary N) is 1. The van der Waals surface area contributed by atoms with E-state index in [2.05, 4.69) is 32.4 Å². The number of carbonyl (C=O) groups is 2. The van der Waals surface area contributed by atoms with E-state index in [4.69, 9.17) is 10.5 Å². The fourth-order valence-electron chi connectivity index (χ4n) is 4.13. The zero-order valence-electron chi connectivity index (χ0n) is 22.0. The van der Waals surface area contributed by atoms with E-state index in [0.717, 1.165) is 6.42 Å². The minimum Gasteiger partial charge on any atom is -0.382 e. The summed E-state index contributed by atoms with van der Waals surface area (Å²) in [5.41, 5.74) is 7.01. The van der Waals surface area contributed by atoms with Crippen molar-refractivity contribution >= 4 is 17.6 Å². The van der Waals surface area contributed by atoms with Crippen molar-refractivity contribution in [1.29, 1.82) is 0 Å². The molecular formula is C30H30N6O4. The Labute approximate surface area is 232 Å². The Kier molecular flexibility index (Phi) is 9.58. The van der Waals surface area contributed by atoms with E-state index >= 15 is 0 Å². The van der Waals surface area contributed by atoms with Gasteiger partial charge in [0.05, 0.1) is 12.6 Å². The molecule has 10 heteroatoms. The minimum absolute atomic E-state index is 0.00470. The molecule has 1 aliphatic heterocycles. The van der Waals surface area contributed by atoms with Crippen LogP contribution in [0.2, 0.25) is 0 Å². The molecule has 10 nitrogen and oxygen atoms in total. The third kappa shape index (κ3) is 7.30. The quantitative estimate of drug-likeness (QED) is 0.410. The first-order valence-corrected chi connectivity index (χ1v) is 12.9. The molecule has 3 aromatic rings. The molecule has 0 saturated carbocycles. The monoisotopic (exact) mass is 538 g/mol. The summed E-state index contributed by atoms with van der Waals surface area (Å²) >= 11 is 0. The lowest BCUT2D eigenvalue weighted by molar-refractivity contribution is -0.129. The number of anilines is 1. The van der Waals surface area contributed by atoms with Crippen LogP contribution in [0, 0.1) is 11.8 Å². The van der Waals surface area contributed by atoms with Gasteiger partial charge >= 0.3 is 0 Å². The van der Waals surface area contributed by atoms with E-state index in [9.17, 15) is 14.4 Å². The predicted octanol–water partition coefficient (Wildman–Crippen LogP) is 2.47. The standard InChI is InChI=1S/C30H30N6O4/c1-21(35-30(39)27-28(31)33-18-17-32-27)24-14-7-2-4-10-22(11-8-16-34-29(38)25-15-9-19-40-25)20-26(37)36(24)23-12-5-3-6-13-23/h2-7,10,12-14,17-18,20-21,25H,9,15-16,19H2,1H3,(H2,31,33)(H,34,38)(H,35,39)/t21-,25+/m0/s1. The van der Waals surface area contributed by atoms with Gasteiger partial charge in [-0.15, -0.1) is 0 Å². The Morgan fingerprint density at radius 1 is 1.10 bits per heavy atom. The number of rotatable bonds is 6. The average molecular weight is 539 g/mol. The molecule has 0 radical (unpaired) electrons. The topological polar surface area (TPSA) is 141 Å². The van der Waals surface area contributed by atoms with Crippen LogP contribution in [-0.2, 0) is 9.53 Å². The van der Waals surface area contributed by atoms with Crippen LogP contribution in [0.25, 0.3) is 5.69 Å². The first-order chi connectivity index (χ1) is 19.4.